The van der Waals surface area contributed by atoms with Crippen molar-refractivity contribution in [3.05, 3.63) is 59.6 Å². The average molecular weight is 357 g/mol. The van der Waals surface area contributed by atoms with Gasteiger partial charge in [-0.25, -0.2) is 9.97 Å². The molecule has 4 heterocycles. The van der Waals surface area contributed by atoms with Crippen LogP contribution in [0, 0.1) is 0 Å². The Labute approximate surface area is 150 Å². The number of amides is 1. The van der Waals surface area contributed by atoms with E-state index in [-0.39, 0.29) is 12.0 Å². The number of fused-ring (bicyclic) bond motifs is 1. The highest BCUT2D eigenvalue weighted by atomic mass is 35.5. The lowest BCUT2D eigenvalue weighted by atomic mass is 10.1. The topological polar surface area (TPSA) is 59.7 Å². The normalized spacial score (nSPS) is 17.6. The fraction of sp³-hybridized carbons (Fsp3) is 0.278. The van der Waals surface area contributed by atoms with Gasteiger partial charge in [0.25, 0.3) is 5.91 Å². The zero-order valence-corrected chi connectivity index (χ0v) is 14.3. The van der Waals surface area contributed by atoms with Gasteiger partial charge in [-0.05, 0) is 31.0 Å². The van der Waals surface area contributed by atoms with Crippen LogP contribution in [0.15, 0.2) is 49.1 Å². The van der Waals surface area contributed by atoms with Crippen LogP contribution in [0.5, 0.6) is 6.01 Å². The third kappa shape index (κ3) is 3.44. The first-order valence-electron chi connectivity index (χ1n) is 8.19. The van der Waals surface area contributed by atoms with Gasteiger partial charge in [0.15, 0.2) is 0 Å². The van der Waals surface area contributed by atoms with E-state index in [4.69, 9.17) is 16.3 Å². The molecule has 3 aromatic heterocycles. The highest BCUT2D eigenvalue weighted by molar-refractivity contribution is 6.30. The second-order valence-corrected chi connectivity index (χ2v) is 6.52. The van der Waals surface area contributed by atoms with Gasteiger partial charge in [-0.1, -0.05) is 17.7 Å². The smallest absolute Gasteiger partial charge is 0.316 e. The molecule has 1 atom stereocenters. The summed E-state index contributed by atoms with van der Waals surface area (Å²) in [6, 6.07) is 8.09. The van der Waals surface area contributed by atoms with Gasteiger partial charge in [0.1, 0.15) is 6.10 Å². The molecule has 25 heavy (non-hydrogen) atoms. The van der Waals surface area contributed by atoms with E-state index in [1.807, 2.05) is 46.0 Å². The number of ether oxygens (including phenoxy) is 1. The van der Waals surface area contributed by atoms with Crippen LogP contribution < -0.4 is 4.74 Å². The summed E-state index contributed by atoms with van der Waals surface area (Å²) in [6.45, 7) is 1.25. The van der Waals surface area contributed by atoms with E-state index in [0.29, 0.717) is 23.1 Å². The van der Waals surface area contributed by atoms with E-state index in [1.54, 1.807) is 0 Å². The zero-order valence-electron chi connectivity index (χ0n) is 13.5. The first-order valence-corrected chi connectivity index (χ1v) is 8.57. The second kappa shape index (κ2) is 6.72. The van der Waals surface area contributed by atoms with Crippen molar-refractivity contribution in [2.75, 3.05) is 13.1 Å². The third-order valence-corrected chi connectivity index (χ3v) is 4.48. The molecule has 128 valence electrons. The SMILES string of the molecule is O=C(c1cc2ccccn2c1)N1CCC[C@@H](Oc2ncc(Cl)cn2)C1. The summed E-state index contributed by atoms with van der Waals surface area (Å²) < 4.78 is 7.76. The molecule has 1 aliphatic heterocycles. The van der Waals surface area contributed by atoms with Gasteiger partial charge in [-0.2, -0.15) is 0 Å². The van der Waals surface area contributed by atoms with Crippen molar-refractivity contribution in [2.45, 2.75) is 18.9 Å². The van der Waals surface area contributed by atoms with E-state index < -0.39 is 0 Å². The quantitative estimate of drug-likeness (QED) is 0.723. The molecule has 4 rings (SSSR count). The maximum absolute atomic E-state index is 12.8. The number of hydrogen-bond donors (Lipinski definition) is 0. The molecule has 0 saturated carbocycles. The lowest BCUT2D eigenvalue weighted by Gasteiger charge is -2.32. The molecule has 3 aromatic rings. The minimum atomic E-state index is -0.115. The van der Waals surface area contributed by atoms with Gasteiger partial charge < -0.3 is 14.0 Å². The summed E-state index contributed by atoms with van der Waals surface area (Å²) in [5.74, 6) is 0.0222. The second-order valence-electron chi connectivity index (χ2n) is 6.08. The van der Waals surface area contributed by atoms with Crippen LogP contribution in [0.4, 0.5) is 0 Å². The summed E-state index contributed by atoms with van der Waals surface area (Å²) in [5.41, 5.74) is 1.69. The van der Waals surface area contributed by atoms with Crippen molar-refractivity contribution in [1.29, 1.82) is 0 Å². The lowest BCUT2D eigenvalue weighted by molar-refractivity contribution is 0.0516. The molecule has 1 amide bonds. The maximum atomic E-state index is 12.8. The van der Waals surface area contributed by atoms with Crippen molar-refractivity contribution >= 4 is 23.0 Å². The minimum absolute atomic E-state index is 0.0222. The van der Waals surface area contributed by atoms with E-state index >= 15 is 0 Å². The Morgan fingerprint density at radius 1 is 1.28 bits per heavy atom. The Kier molecular flexibility index (Phi) is 4.28. The van der Waals surface area contributed by atoms with E-state index in [1.165, 1.54) is 12.4 Å². The molecule has 0 spiro atoms. The van der Waals surface area contributed by atoms with Crippen LogP contribution in [-0.4, -0.2) is 44.4 Å². The van der Waals surface area contributed by atoms with Crippen LogP contribution in [0.1, 0.15) is 23.2 Å². The predicted octanol–water partition coefficient (Wildman–Crippen LogP) is 3.07. The van der Waals surface area contributed by atoms with Gasteiger partial charge in [0.05, 0.1) is 29.5 Å². The summed E-state index contributed by atoms with van der Waals surface area (Å²) in [6.07, 6.45) is 8.45. The molecular weight excluding hydrogens is 340 g/mol. The van der Waals surface area contributed by atoms with Crippen molar-refractivity contribution in [2.24, 2.45) is 0 Å². The molecule has 0 unspecified atom stereocenters. The molecule has 0 aromatic carbocycles. The molecule has 0 radical (unpaired) electrons. The standard InChI is InChI=1S/C18H17ClN4O2/c19-14-9-20-18(21-10-14)25-16-5-3-7-23(12-16)17(24)13-8-15-4-1-2-6-22(15)11-13/h1-2,4,6,8-11,16H,3,5,7,12H2/t16-/m1/s1. The fourth-order valence-electron chi connectivity index (χ4n) is 3.08. The molecule has 0 aliphatic carbocycles. The Morgan fingerprint density at radius 3 is 2.92 bits per heavy atom. The Bertz CT molecular complexity index is 860. The number of piperidine rings is 1. The zero-order chi connectivity index (χ0) is 17.2. The summed E-state index contributed by atoms with van der Waals surface area (Å²) >= 11 is 5.79. The average Bonchev–Trinajstić information content (AvgIpc) is 3.07. The molecule has 1 fully saturated rings. The van der Waals surface area contributed by atoms with Crippen LogP contribution in [0.25, 0.3) is 5.52 Å². The number of likely N-dealkylation sites (tertiary alicyclic amines) is 1. The number of rotatable bonds is 3. The van der Waals surface area contributed by atoms with Crippen molar-refractivity contribution in [1.82, 2.24) is 19.3 Å². The maximum Gasteiger partial charge on any atom is 0.316 e. The van der Waals surface area contributed by atoms with Crippen molar-refractivity contribution in [3.8, 4) is 6.01 Å². The highest BCUT2D eigenvalue weighted by Gasteiger charge is 2.26. The van der Waals surface area contributed by atoms with Gasteiger partial charge in [-0.15, -0.1) is 0 Å². The first kappa shape index (κ1) is 15.9. The monoisotopic (exact) mass is 356 g/mol. The Morgan fingerprint density at radius 2 is 2.12 bits per heavy atom. The van der Waals surface area contributed by atoms with Gasteiger partial charge in [0.2, 0.25) is 0 Å². The summed E-state index contributed by atoms with van der Waals surface area (Å²) in [7, 11) is 0. The van der Waals surface area contributed by atoms with Crippen molar-refractivity contribution < 1.29 is 9.53 Å². The van der Waals surface area contributed by atoms with E-state index in [2.05, 4.69) is 9.97 Å². The number of carbonyl (C=O) groups excluding carboxylic acids is 1. The lowest BCUT2D eigenvalue weighted by Crippen LogP contribution is -2.44. The Hall–Kier alpha value is -2.60. The molecule has 0 bridgehead atoms. The number of pyridine rings is 1. The molecule has 6 nitrogen and oxygen atoms in total. The number of halogens is 1. The molecular formula is C18H17ClN4O2. The molecule has 7 heteroatoms. The third-order valence-electron chi connectivity index (χ3n) is 4.29. The van der Waals surface area contributed by atoms with E-state index in [9.17, 15) is 4.79 Å². The van der Waals surface area contributed by atoms with E-state index in [0.717, 1.165) is 24.9 Å². The number of aromatic nitrogens is 3. The first-order chi connectivity index (χ1) is 12.2. The van der Waals surface area contributed by atoms with Gasteiger partial charge >= 0.3 is 6.01 Å². The fourth-order valence-corrected chi connectivity index (χ4v) is 3.18. The van der Waals surface area contributed by atoms with Crippen LogP contribution >= 0.6 is 11.6 Å². The van der Waals surface area contributed by atoms with Gasteiger partial charge in [-0.3, -0.25) is 4.79 Å². The molecule has 1 aliphatic rings. The van der Waals surface area contributed by atoms with Gasteiger partial charge in [0, 0.05) is 24.5 Å². The van der Waals surface area contributed by atoms with Crippen molar-refractivity contribution in [3.63, 3.8) is 0 Å². The predicted molar refractivity (Wildman–Crippen MR) is 94.0 cm³/mol. The minimum Gasteiger partial charge on any atom is -0.458 e. The number of hydrogen-bond acceptors (Lipinski definition) is 4. The van der Waals surface area contributed by atoms with Crippen LogP contribution in [0.3, 0.4) is 0 Å². The van der Waals surface area contributed by atoms with Crippen LogP contribution in [0.2, 0.25) is 5.02 Å². The summed E-state index contributed by atoms with van der Waals surface area (Å²) in [4.78, 5) is 22.8. The summed E-state index contributed by atoms with van der Waals surface area (Å²) in [5, 5.41) is 0.466. The Balaban J connectivity index is 1.46. The largest absolute Gasteiger partial charge is 0.458 e. The highest BCUT2D eigenvalue weighted by Crippen LogP contribution is 2.19. The molecule has 0 N–H and O–H groups in total. The van der Waals surface area contributed by atoms with Crippen LogP contribution in [-0.2, 0) is 0 Å². The number of nitrogens with zero attached hydrogens (tertiary/aromatic N) is 4. The number of carbonyl (C=O) groups is 1. The molecule has 1 saturated heterocycles.